The van der Waals surface area contributed by atoms with E-state index in [-0.39, 0.29) is 73.6 Å². The van der Waals surface area contributed by atoms with Crippen LogP contribution >= 0.6 is 46.4 Å². The standard InChI is InChI=1S/C33H27Cl4F2N3O6/c1-40-25-7-3-5-18(29(25)38)15-46-31-21(34)9-17(10-22(31)35)11-27(43)48-28(44)14-42-33(45)20-12-23(36)32(24(37)13-20)47-16-19-6-4-8-26(41-2)30(19)39/h3-10,12-13,40-41H,11,14-16H2,1-2H3,(H,42,45). The summed E-state index contributed by atoms with van der Waals surface area (Å²) >= 11 is 25.1. The first-order valence-electron chi connectivity index (χ1n) is 14.1. The van der Waals surface area contributed by atoms with Crippen LogP contribution < -0.4 is 25.4 Å². The molecule has 0 unspecified atom stereocenters. The molecule has 15 heteroatoms. The van der Waals surface area contributed by atoms with E-state index >= 15 is 0 Å². The first kappa shape index (κ1) is 36.5. The number of esters is 2. The molecule has 252 valence electrons. The number of hydrogen-bond donors (Lipinski definition) is 3. The minimum Gasteiger partial charge on any atom is -0.486 e. The van der Waals surface area contributed by atoms with Crippen molar-refractivity contribution in [1.29, 1.82) is 0 Å². The number of benzene rings is 4. The highest BCUT2D eigenvalue weighted by Crippen LogP contribution is 2.36. The maximum absolute atomic E-state index is 14.5. The fourth-order valence-electron chi connectivity index (χ4n) is 4.37. The van der Waals surface area contributed by atoms with Gasteiger partial charge in [-0.05, 0) is 42.0 Å². The second kappa shape index (κ2) is 16.7. The number of halogens is 6. The van der Waals surface area contributed by atoms with Gasteiger partial charge in [0.25, 0.3) is 5.91 Å². The Labute approximate surface area is 294 Å². The first-order valence-corrected chi connectivity index (χ1v) is 15.6. The molecule has 3 N–H and O–H groups in total. The minimum atomic E-state index is -1.04. The highest BCUT2D eigenvalue weighted by atomic mass is 35.5. The van der Waals surface area contributed by atoms with Gasteiger partial charge in [0.15, 0.2) is 23.1 Å². The van der Waals surface area contributed by atoms with Crippen LogP contribution in [0.25, 0.3) is 0 Å². The zero-order valence-electron chi connectivity index (χ0n) is 25.3. The van der Waals surface area contributed by atoms with Crippen molar-refractivity contribution in [2.45, 2.75) is 19.6 Å². The molecule has 0 aliphatic heterocycles. The maximum atomic E-state index is 14.5. The zero-order chi connectivity index (χ0) is 35.0. The van der Waals surface area contributed by atoms with Gasteiger partial charge >= 0.3 is 11.9 Å². The van der Waals surface area contributed by atoms with Gasteiger partial charge in [0.1, 0.15) is 19.8 Å². The van der Waals surface area contributed by atoms with Gasteiger partial charge in [0.2, 0.25) is 0 Å². The Morgan fingerprint density at radius 3 is 1.60 bits per heavy atom. The number of ether oxygens (including phenoxy) is 3. The Kier molecular flexibility index (Phi) is 12.7. The van der Waals surface area contributed by atoms with Crippen LogP contribution in [0.1, 0.15) is 27.0 Å². The van der Waals surface area contributed by atoms with Crippen molar-refractivity contribution in [2.24, 2.45) is 0 Å². The van der Waals surface area contributed by atoms with E-state index in [0.29, 0.717) is 11.3 Å². The third-order valence-corrected chi connectivity index (χ3v) is 7.85. The summed E-state index contributed by atoms with van der Waals surface area (Å²) in [5.74, 6) is -3.59. The van der Waals surface area contributed by atoms with Gasteiger partial charge in [0, 0.05) is 30.8 Å². The fourth-order valence-corrected chi connectivity index (χ4v) is 5.61. The Bertz CT molecular complexity index is 1810. The normalized spacial score (nSPS) is 10.7. The Hall–Kier alpha value is -4.29. The summed E-state index contributed by atoms with van der Waals surface area (Å²) in [6.45, 7) is -0.999. The number of anilines is 2. The van der Waals surface area contributed by atoms with Crippen molar-refractivity contribution in [3.8, 4) is 11.5 Å². The molecule has 0 aliphatic carbocycles. The van der Waals surface area contributed by atoms with Crippen LogP contribution in [0, 0.1) is 11.6 Å². The molecule has 9 nitrogen and oxygen atoms in total. The molecule has 1 amide bonds. The smallest absolute Gasteiger partial charge is 0.333 e. The van der Waals surface area contributed by atoms with E-state index in [4.69, 9.17) is 60.6 Å². The fraction of sp³-hybridized carbons (Fsp3) is 0.182. The number of carbonyl (C=O) groups excluding carboxylic acids is 3. The molecule has 0 radical (unpaired) electrons. The molecule has 0 heterocycles. The molecule has 0 saturated heterocycles. The molecule has 0 saturated carbocycles. The van der Waals surface area contributed by atoms with Gasteiger partial charge in [-0.1, -0.05) is 70.7 Å². The highest BCUT2D eigenvalue weighted by Gasteiger charge is 2.19. The van der Waals surface area contributed by atoms with E-state index in [2.05, 4.69) is 16.0 Å². The molecule has 0 aromatic heterocycles. The summed E-state index contributed by atoms with van der Waals surface area (Å²) in [4.78, 5) is 37.3. The number of carbonyl (C=O) groups is 3. The van der Waals surface area contributed by atoms with Gasteiger partial charge in [-0.15, -0.1) is 0 Å². The van der Waals surface area contributed by atoms with Crippen molar-refractivity contribution >= 4 is 75.6 Å². The third kappa shape index (κ3) is 9.19. The van der Waals surface area contributed by atoms with E-state index in [1.807, 2.05) is 0 Å². The maximum Gasteiger partial charge on any atom is 0.333 e. The predicted molar refractivity (Wildman–Crippen MR) is 181 cm³/mol. The lowest BCUT2D eigenvalue weighted by molar-refractivity contribution is -0.158. The monoisotopic (exact) mass is 739 g/mol. The van der Waals surface area contributed by atoms with Crippen LogP contribution in [0.2, 0.25) is 20.1 Å². The third-order valence-electron chi connectivity index (χ3n) is 6.73. The largest absolute Gasteiger partial charge is 0.486 e. The average molecular weight is 741 g/mol. The van der Waals surface area contributed by atoms with Crippen LogP contribution in [-0.2, 0) is 34.0 Å². The Morgan fingerprint density at radius 2 is 1.15 bits per heavy atom. The number of nitrogens with one attached hydrogen (secondary N) is 3. The highest BCUT2D eigenvalue weighted by molar-refractivity contribution is 6.38. The molecule has 4 aromatic rings. The first-order chi connectivity index (χ1) is 22.9. The molecule has 48 heavy (non-hydrogen) atoms. The van der Waals surface area contributed by atoms with Gasteiger partial charge in [-0.3, -0.25) is 9.59 Å². The molecular formula is C33H27Cl4F2N3O6. The molecule has 0 atom stereocenters. The van der Waals surface area contributed by atoms with Crippen LogP contribution in [-0.4, -0.2) is 38.5 Å². The molecule has 0 bridgehead atoms. The quantitative estimate of drug-likeness (QED) is 0.0938. The van der Waals surface area contributed by atoms with E-state index in [0.717, 1.165) is 0 Å². The van der Waals surface area contributed by atoms with Crippen molar-refractivity contribution in [3.05, 3.63) is 115 Å². The Balaban J connectivity index is 1.28. The van der Waals surface area contributed by atoms with Gasteiger partial charge < -0.3 is 30.2 Å². The summed E-state index contributed by atoms with van der Waals surface area (Å²) in [5, 5.41) is 7.84. The van der Waals surface area contributed by atoms with Crippen molar-refractivity contribution in [3.63, 3.8) is 0 Å². The average Bonchev–Trinajstić information content (AvgIpc) is 3.04. The van der Waals surface area contributed by atoms with E-state index in [1.165, 1.54) is 30.3 Å². The molecular weight excluding hydrogens is 714 g/mol. The predicted octanol–water partition coefficient (Wildman–Crippen LogP) is 7.86. The van der Waals surface area contributed by atoms with E-state index in [1.54, 1.807) is 44.4 Å². The SMILES string of the molecule is CNc1cccc(COc2c(Cl)cc(CC(=O)OC(=O)CNC(=O)c3cc(Cl)c(OCc4cccc(NC)c4F)c(Cl)c3)cc2Cl)c1F. The molecule has 0 aliphatic rings. The second-order valence-corrected chi connectivity index (χ2v) is 11.6. The zero-order valence-corrected chi connectivity index (χ0v) is 28.3. The molecule has 4 aromatic carbocycles. The van der Waals surface area contributed by atoms with E-state index in [9.17, 15) is 23.2 Å². The van der Waals surface area contributed by atoms with Crippen LogP contribution in [0.5, 0.6) is 11.5 Å². The van der Waals surface area contributed by atoms with Crippen LogP contribution in [0.3, 0.4) is 0 Å². The molecule has 0 spiro atoms. The number of hydrogen-bond acceptors (Lipinski definition) is 8. The lowest BCUT2D eigenvalue weighted by atomic mass is 10.1. The van der Waals surface area contributed by atoms with Gasteiger partial charge in [0.05, 0.1) is 37.9 Å². The van der Waals surface area contributed by atoms with Gasteiger partial charge in [-0.2, -0.15) is 0 Å². The lowest BCUT2D eigenvalue weighted by Crippen LogP contribution is -2.32. The van der Waals surface area contributed by atoms with Crippen molar-refractivity contribution in [1.82, 2.24) is 5.32 Å². The lowest BCUT2D eigenvalue weighted by Gasteiger charge is -2.14. The summed E-state index contributed by atoms with van der Waals surface area (Å²) in [6, 6.07) is 14.8. The van der Waals surface area contributed by atoms with Crippen LogP contribution in [0.4, 0.5) is 20.2 Å². The van der Waals surface area contributed by atoms with Crippen molar-refractivity contribution in [2.75, 3.05) is 31.3 Å². The topological polar surface area (TPSA) is 115 Å². The van der Waals surface area contributed by atoms with E-state index < -0.39 is 36.0 Å². The summed E-state index contributed by atoms with van der Waals surface area (Å²) in [5.41, 5.74) is 1.41. The van der Waals surface area contributed by atoms with Gasteiger partial charge in [-0.25, -0.2) is 13.6 Å². The number of rotatable bonds is 13. The second-order valence-electron chi connectivity index (χ2n) is 10.00. The summed E-state index contributed by atoms with van der Waals surface area (Å²) < 4.78 is 45.0. The summed E-state index contributed by atoms with van der Waals surface area (Å²) in [7, 11) is 3.17. The number of amides is 1. The Morgan fingerprint density at radius 1 is 0.688 bits per heavy atom. The molecule has 0 fully saturated rings. The van der Waals surface area contributed by atoms with Crippen molar-refractivity contribution < 1.29 is 37.4 Å². The summed E-state index contributed by atoms with van der Waals surface area (Å²) in [6.07, 6.45) is -0.381. The van der Waals surface area contributed by atoms with Crippen LogP contribution in [0.15, 0.2) is 60.7 Å². The molecule has 4 rings (SSSR count). The minimum absolute atomic E-state index is 0.0103.